The van der Waals surface area contributed by atoms with Crippen LogP contribution < -0.4 is 16.0 Å². The summed E-state index contributed by atoms with van der Waals surface area (Å²) in [6.45, 7) is 15.2. The lowest BCUT2D eigenvalue weighted by atomic mass is 10.2. The topological polar surface area (TPSA) is 62.4 Å². The van der Waals surface area contributed by atoms with Crippen molar-refractivity contribution in [2.75, 3.05) is 20.1 Å². The predicted octanol–water partition coefficient (Wildman–Crippen LogP) is 2.12. The van der Waals surface area contributed by atoms with Gasteiger partial charge in [-0.2, -0.15) is 0 Å². The van der Waals surface area contributed by atoms with Crippen molar-refractivity contribution in [2.24, 2.45) is 0 Å². The fourth-order valence-corrected chi connectivity index (χ4v) is 0.840. The molecule has 5 heteroatoms. The van der Waals surface area contributed by atoms with Crippen molar-refractivity contribution in [3.63, 3.8) is 0 Å². The first kappa shape index (κ1) is 20.5. The Morgan fingerprint density at radius 3 is 1.84 bits per heavy atom. The van der Waals surface area contributed by atoms with Gasteiger partial charge in [0.15, 0.2) is 0 Å². The van der Waals surface area contributed by atoms with E-state index in [0.29, 0.717) is 18.6 Å². The van der Waals surface area contributed by atoms with Crippen LogP contribution in [0.25, 0.3) is 0 Å². The number of alkyl carbamates (subject to hydrolysis) is 1. The summed E-state index contributed by atoms with van der Waals surface area (Å²) < 4.78 is 5.07. The van der Waals surface area contributed by atoms with Gasteiger partial charge in [-0.1, -0.05) is 27.7 Å². The monoisotopic (exact) mass is 275 g/mol. The second-order valence-corrected chi connectivity index (χ2v) is 5.98. The van der Waals surface area contributed by atoms with Crippen LogP contribution in [0, 0.1) is 0 Å². The summed E-state index contributed by atoms with van der Waals surface area (Å²) in [5.74, 6) is 0. The molecule has 0 aromatic carbocycles. The van der Waals surface area contributed by atoms with Gasteiger partial charge in [0.25, 0.3) is 0 Å². The molecule has 116 valence electrons. The first-order valence-corrected chi connectivity index (χ1v) is 6.96. The Labute approximate surface area is 118 Å². The molecule has 0 saturated carbocycles. The maximum atomic E-state index is 11.1. The molecule has 3 N–H and O–H groups in total. The van der Waals surface area contributed by atoms with Crippen molar-refractivity contribution in [2.45, 2.75) is 66.2 Å². The summed E-state index contributed by atoms with van der Waals surface area (Å²) in [7, 11) is 1.95. The van der Waals surface area contributed by atoms with Gasteiger partial charge in [-0.25, -0.2) is 4.79 Å². The molecular formula is C14H33N3O2. The lowest BCUT2D eigenvalue weighted by Crippen LogP contribution is -2.37. The van der Waals surface area contributed by atoms with Crippen LogP contribution >= 0.6 is 0 Å². The van der Waals surface area contributed by atoms with Crippen LogP contribution in [-0.4, -0.2) is 43.9 Å². The maximum Gasteiger partial charge on any atom is 0.407 e. The largest absolute Gasteiger partial charge is 0.444 e. The zero-order valence-corrected chi connectivity index (χ0v) is 13.9. The predicted molar refractivity (Wildman–Crippen MR) is 81.6 cm³/mol. The lowest BCUT2D eigenvalue weighted by molar-refractivity contribution is 0.0528. The summed E-state index contributed by atoms with van der Waals surface area (Å²) in [6, 6.07) is 1.07. The van der Waals surface area contributed by atoms with E-state index in [-0.39, 0.29) is 6.09 Å². The molecule has 0 aliphatic heterocycles. The average molecular weight is 275 g/mol. The first-order valence-electron chi connectivity index (χ1n) is 6.96. The van der Waals surface area contributed by atoms with Gasteiger partial charge in [0.2, 0.25) is 0 Å². The standard InChI is InChI=1S/C10H22N2O2.C4H11N/c1-8(2)11-6-7-12-9(13)14-10(3,4)5;1-4(2)5-3/h8,11H,6-7H2,1-5H3,(H,12,13);4-5H,1-3H3. The van der Waals surface area contributed by atoms with Gasteiger partial charge < -0.3 is 20.7 Å². The van der Waals surface area contributed by atoms with Crippen molar-refractivity contribution >= 4 is 6.09 Å². The number of nitrogens with one attached hydrogen (secondary N) is 3. The maximum absolute atomic E-state index is 11.1. The van der Waals surface area contributed by atoms with Crippen molar-refractivity contribution in [1.29, 1.82) is 0 Å². The SMILES string of the molecule is CC(C)NCCNC(=O)OC(C)(C)C.CNC(C)C. The Hall–Kier alpha value is -0.810. The summed E-state index contributed by atoms with van der Waals surface area (Å²) >= 11 is 0. The molecular weight excluding hydrogens is 242 g/mol. The third kappa shape index (κ3) is 22.8. The van der Waals surface area contributed by atoms with Crippen LogP contribution in [0.5, 0.6) is 0 Å². The minimum atomic E-state index is -0.421. The fraction of sp³-hybridized carbons (Fsp3) is 0.929. The minimum absolute atomic E-state index is 0.358. The zero-order chi connectivity index (χ0) is 15.5. The molecule has 0 aromatic heterocycles. The number of hydrogen-bond donors (Lipinski definition) is 3. The molecule has 0 unspecified atom stereocenters. The van der Waals surface area contributed by atoms with E-state index in [9.17, 15) is 4.79 Å². The molecule has 19 heavy (non-hydrogen) atoms. The highest BCUT2D eigenvalue weighted by atomic mass is 16.6. The zero-order valence-electron chi connectivity index (χ0n) is 13.9. The van der Waals surface area contributed by atoms with Crippen LogP contribution in [-0.2, 0) is 4.74 Å². The fourth-order valence-electron chi connectivity index (χ4n) is 0.840. The Bertz CT molecular complexity index is 223. The second-order valence-electron chi connectivity index (χ2n) is 5.98. The van der Waals surface area contributed by atoms with Crippen LogP contribution in [0.2, 0.25) is 0 Å². The third-order valence-electron chi connectivity index (χ3n) is 1.92. The second kappa shape index (κ2) is 11.1. The molecule has 0 aliphatic carbocycles. The summed E-state index contributed by atoms with van der Waals surface area (Å²) in [5, 5.41) is 8.89. The number of ether oxygens (including phenoxy) is 1. The molecule has 0 aliphatic rings. The van der Waals surface area contributed by atoms with E-state index in [0.717, 1.165) is 6.54 Å². The van der Waals surface area contributed by atoms with Gasteiger partial charge in [0.05, 0.1) is 0 Å². The minimum Gasteiger partial charge on any atom is -0.444 e. The van der Waals surface area contributed by atoms with Gasteiger partial charge in [-0.3, -0.25) is 0 Å². The third-order valence-corrected chi connectivity index (χ3v) is 1.92. The average Bonchev–Trinajstić information content (AvgIpc) is 2.22. The highest BCUT2D eigenvalue weighted by Crippen LogP contribution is 2.05. The van der Waals surface area contributed by atoms with Crippen LogP contribution in [0.3, 0.4) is 0 Å². The van der Waals surface area contributed by atoms with Crippen molar-refractivity contribution in [1.82, 2.24) is 16.0 Å². The van der Waals surface area contributed by atoms with E-state index in [4.69, 9.17) is 4.74 Å². The highest BCUT2D eigenvalue weighted by molar-refractivity contribution is 5.67. The van der Waals surface area contributed by atoms with E-state index < -0.39 is 5.60 Å². The lowest BCUT2D eigenvalue weighted by Gasteiger charge is -2.19. The first-order chi connectivity index (χ1) is 8.58. The molecule has 0 radical (unpaired) electrons. The molecule has 0 spiro atoms. The van der Waals surface area contributed by atoms with Gasteiger partial charge in [-0.15, -0.1) is 0 Å². The van der Waals surface area contributed by atoms with Crippen molar-refractivity contribution in [3.05, 3.63) is 0 Å². The molecule has 0 heterocycles. The molecule has 0 atom stereocenters. The molecule has 5 nitrogen and oxygen atoms in total. The van der Waals surface area contributed by atoms with Gasteiger partial charge >= 0.3 is 6.09 Å². The van der Waals surface area contributed by atoms with Gasteiger partial charge in [0, 0.05) is 25.2 Å². The molecule has 0 saturated heterocycles. The van der Waals surface area contributed by atoms with Gasteiger partial charge in [0.1, 0.15) is 5.60 Å². The normalized spacial score (nSPS) is 11.1. The van der Waals surface area contributed by atoms with E-state index in [1.807, 2.05) is 27.8 Å². The molecule has 0 bridgehead atoms. The van der Waals surface area contributed by atoms with E-state index in [1.54, 1.807) is 0 Å². The Kier molecular flexibility index (Phi) is 11.9. The van der Waals surface area contributed by atoms with Crippen molar-refractivity contribution in [3.8, 4) is 0 Å². The number of rotatable bonds is 5. The van der Waals surface area contributed by atoms with Crippen LogP contribution in [0.4, 0.5) is 4.79 Å². The van der Waals surface area contributed by atoms with Crippen LogP contribution in [0.15, 0.2) is 0 Å². The molecule has 0 aromatic rings. The highest BCUT2D eigenvalue weighted by Gasteiger charge is 2.15. The Morgan fingerprint density at radius 1 is 1.05 bits per heavy atom. The number of hydrogen-bond acceptors (Lipinski definition) is 4. The van der Waals surface area contributed by atoms with E-state index in [2.05, 4.69) is 43.6 Å². The summed E-state index contributed by atoms with van der Waals surface area (Å²) in [5.41, 5.74) is -0.421. The van der Waals surface area contributed by atoms with Gasteiger partial charge in [-0.05, 0) is 27.8 Å². The Balaban J connectivity index is 0. The number of carbonyl (C=O) groups excluding carboxylic acids is 1. The number of amides is 1. The Morgan fingerprint density at radius 2 is 1.53 bits per heavy atom. The molecule has 1 amide bonds. The number of carbonyl (C=O) groups is 1. The molecule has 0 rings (SSSR count). The summed E-state index contributed by atoms with van der Waals surface area (Å²) in [6.07, 6.45) is -0.358. The summed E-state index contributed by atoms with van der Waals surface area (Å²) in [4.78, 5) is 11.1. The van der Waals surface area contributed by atoms with E-state index >= 15 is 0 Å². The smallest absolute Gasteiger partial charge is 0.407 e. The molecule has 0 fully saturated rings. The van der Waals surface area contributed by atoms with Crippen molar-refractivity contribution < 1.29 is 9.53 Å². The van der Waals surface area contributed by atoms with E-state index in [1.165, 1.54) is 0 Å². The van der Waals surface area contributed by atoms with Crippen LogP contribution in [0.1, 0.15) is 48.5 Å². The quantitative estimate of drug-likeness (QED) is 0.673.